The Balaban J connectivity index is 1.43. The molecule has 1 fully saturated rings. The summed E-state index contributed by atoms with van der Waals surface area (Å²) in [5.74, 6) is 0.576. The van der Waals surface area contributed by atoms with E-state index in [1.807, 2.05) is 6.92 Å². The maximum absolute atomic E-state index is 14.2. The Labute approximate surface area is 162 Å². The Hall–Kier alpha value is -3.09. The monoisotopic (exact) mass is 380 g/mol. The summed E-state index contributed by atoms with van der Waals surface area (Å²) in [5.41, 5.74) is 1.35. The zero-order valence-electron chi connectivity index (χ0n) is 15.6. The lowest BCUT2D eigenvalue weighted by Gasteiger charge is -2.30. The maximum atomic E-state index is 14.2. The Morgan fingerprint density at radius 3 is 2.71 bits per heavy atom. The first-order chi connectivity index (χ1) is 13.6. The van der Waals surface area contributed by atoms with Gasteiger partial charge in [-0.25, -0.2) is 4.39 Å². The molecule has 144 valence electrons. The van der Waals surface area contributed by atoms with Gasteiger partial charge in [0.1, 0.15) is 5.82 Å². The molecule has 0 spiro atoms. The van der Waals surface area contributed by atoms with Crippen LogP contribution in [-0.4, -0.2) is 32.0 Å². The van der Waals surface area contributed by atoms with Crippen molar-refractivity contribution < 1.29 is 13.7 Å². The van der Waals surface area contributed by atoms with Crippen molar-refractivity contribution in [2.75, 3.05) is 0 Å². The third-order valence-electron chi connectivity index (χ3n) is 4.96. The molecule has 1 atom stereocenters. The van der Waals surface area contributed by atoms with Gasteiger partial charge in [0.05, 0.1) is 6.04 Å². The molecule has 1 aliphatic carbocycles. The lowest BCUT2D eigenvalue weighted by atomic mass is 10.1. The average Bonchev–Trinajstić information content (AvgIpc) is 3.43. The van der Waals surface area contributed by atoms with Crippen LogP contribution >= 0.6 is 0 Å². The fraction of sp³-hybridized carbons (Fsp3) is 0.333. The van der Waals surface area contributed by atoms with Crippen molar-refractivity contribution in [3.05, 3.63) is 66.1 Å². The van der Waals surface area contributed by atoms with Crippen molar-refractivity contribution in [2.24, 2.45) is 0 Å². The highest BCUT2D eigenvalue weighted by Crippen LogP contribution is 2.35. The Morgan fingerprint density at radius 1 is 1.25 bits per heavy atom. The second-order valence-electron chi connectivity index (χ2n) is 6.98. The van der Waals surface area contributed by atoms with Gasteiger partial charge in [0.15, 0.2) is 0 Å². The first kappa shape index (κ1) is 18.3. The van der Waals surface area contributed by atoms with Gasteiger partial charge in [-0.05, 0) is 38.0 Å². The number of halogens is 1. The number of carbonyl (C=O) groups is 1. The van der Waals surface area contributed by atoms with Crippen molar-refractivity contribution in [2.45, 2.75) is 44.7 Å². The molecule has 2 aromatic heterocycles. The molecule has 3 aromatic rings. The molecule has 1 unspecified atom stereocenters. The van der Waals surface area contributed by atoms with Crippen LogP contribution in [0.3, 0.4) is 0 Å². The van der Waals surface area contributed by atoms with Crippen LogP contribution in [0.2, 0.25) is 0 Å². The van der Waals surface area contributed by atoms with Gasteiger partial charge in [-0.2, -0.15) is 4.98 Å². The van der Waals surface area contributed by atoms with Gasteiger partial charge in [0.25, 0.3) is 0 Å². The predicted molar refractivity (Wildman–Crippen MR) is 101 cm³/mol. The molecule has 0 saturated heterocycles. The van der Waals surface area contributed by atoms with Gasteiger partial charge in [0, 0.05) is 42.4 Å². The third kappa shape index (κ3) is 3.93. The SMILES string of the molecule is CC(c1ccccc1F)N(C(=O)CCc1nc(-c2ccncc2)no1)C1CC1. The normalized spacial score (nSPS) is 14.6. The molecule has 0 N–H and O–H groups in total. The molecule has 1 aromatic carbocycles. The summed E-state index contributed by atoms with van der Waals surface area (Å²) < 4.78 is 19.5. The van der Waals surface area contributed by atoms with Gasteiger partial charge >= 0.3 is 0 Å². The van der Waals surface area contributed by atoms with E-state index in [0.29, 0.717) is 23.7 Å². The van der Waals surface area contributed by atoms with Gasteiger partial charge < -0.3 is 9.42 Å². The largest absolute Gasteiger partial charge is 0.339 e. The minimum Gasteiger partial charge on any atom is -0.339 e. The smallest absolute Gasteiger partial charge is 0.227 e. The molecule has 0 bridgehead atoms. The molecule has 2 heterocycles. The molecular formula is C21H21FN4O2. The first-order valence-electron chi connectivity index (χ1n) is 9.42. The van der Waals surface area contributed by atoms with Crippen LogP contribution in [0, 0.1) is 5.82 Å². The van der Waals surface area contributed by atoms with Crippen LogP contribution in [0.1, 0.15) is 43.7 Å². The van der Waals surface area contributed by atoms with Crippen LogP contribution in [0.5, 0.6) is 0 Å². The van der Waals surface area contributed by atoms with E-state index in [0.717, 1.165) is 18.4 Å². The van der Waals surface area contributed by atoms with Crippen molar-refractivity contribution in [1.29, 1.82) is 0 Å². The fourth-order valence-electron chi connectivity index (χ4n) is 3.37. The van der Waals surface area contributed by atoms with Crippen LogP contribution in [0.25, 0.3) is 11.4 Å². The predicted octanol–water partition coefficient (Wildman–Crippen LogP) is 3.96. The summed E-state index contributed by atoms with van der Waals surface area (Å²) in [5, 5.41) is 3.96. The van der Waals surface area contributed by atoms with Gasteiger partial charge in [-0.15, -0.1) is 0 Å². The Kier molecular flexibility index (Phi) is 5.14. The first-order valence-corrected chi connectivity index (χ1v) is 9.42. The van der Waals surface area contributed by atoms with E-state index in [1.165, 1.54) is 6.07 Å². The number of carbonyl (C=O) groups excluding carboxylic acids is 1. The van der Waals surface area contributed by atoms with Crippen molar-refractivity contribution >= 4 is 5.91 Å². The van der Waals surface area contributed by atoms with Gasteiger partial charge in [0.2, 0.25) is 17.6 Å². The third-order valence-corrected chi connectivity index (χ3v) is 4.96. The van der Waals surface area contributed by atoms with E-state index >= 15 is 0 Å². The molecule has 7 heteroatoms. The number of hydrogen-bond donors (Lipinski definition) is 0. The number of benzene rings is 1. The van der Waals surface area contributed by atoms with E-state index in [4.69, 9.17) is 4.52 Å². The Morgan fingerprint density at radius 2 is 2.00 bits per heavy atom. The lowest BCUT2D eigenvalue weighted by Crippen LogP contribution is -2.36. The Bertz CT molecular complexity index is 956. The summed E-state index contributed by atoms with van der Waals surface area (Å²) in [7, 11) is 0. The summed E-state index contributed by atoms with van der Waals surface area (Å²) in [6, 6.07) is 10.1. The second kappa shape index (κ2) is 7.88. The zero-order valence-corrected chi connectivity index (χ0v) is 15.6. The molecule has 28 heavy (non-hydrogen) atoms. The number of pyridine rings is 1. The molecule has 1 saturated carbocycles. The molecule has 4 rings (SSSR count). The van der Waals surface area contributed by atoms with Crippen LogP contribution < -0.4 is 0 Å². The topological polar surface area (TPSA) is 72.1 Å². The number of amides is 1. The van der Waals surface area contributed by atoms with Crippen molar-refractivity contribution in [1.82, 2.24) is 20.0 Å². The molecule has 6 nitrogen and oxygen atoms in total. The van der Waals surface area contributed by atoms with Gasteiger partial charge in [-0.3, -0.25) is 9.78 Å². The quantitative estimate of drug-likeness (QED) is 0.620. The van der Waals surface area contributed by atoms with E-state index in [9.17, 15) is 9.18 Å². The average molecular weight is 380 g/mol. The number of aryl methyl sites for hydroxylation is 1. The number of rotatable bonds is 7. The summed E-state index contributed by atoms with van der Waals surface area (Å²) >= 11 is 0. The van der Waals surface area contributed by atoms with Crippen LogP contribution in [0.15, 0.2) is 53.3 Å². The summed E-state index contributed by atoms with van der Waals surface area (Å²) in [6.07, 6.45) is 5.82. The number of hydrogen-bond acceptors (Lipinski definition) is 5. The van der Waals surface area contributed by atoms with E-state index in [1.54, 1.807) is 47.6 Å². The highest BCUT2D eigenvalue weighted by molar-refractivity contribution is 5.77. The number of nitrogens with zero attached hydrogens (tertiary/aromatic N) is 4. The molecular weight excluding hydrogens is 359 g/mol. The van der Waals surface area contributed by atoms with E-state index in [-0.39, 0.29) is 30.2 Å². The second-order valence-corrected chi connectivity index (χ2v) is 6.98. The molecule has 0 radical (unpaired) electrons. The zero-order chi connectivity index (χ0) is 19.5. The van der Waals surface area contributed by atoms with Gasteiger partial charge in [-0.1, -0.05) is 23.4 Å². The number of aromatic nitrogens is 3. The van der Waals surface area contributed by atoms with Crippen molar-refractivity contribution in [3.63, 3.8) is 0 Å². The summed E-state index contributed by atoms with van der Waals surface area (Å²) in [4.78, 5) is 23.0. The highest BCUT2D eigenvalue weighted by Gasteiger charge is 2.36. The fourth-order valence-corrected chi connectivity index (χ4v) is 3.37. The molecule has 1 amide bonds. The van der Waals surface area contributed by atoms with Crippen LogP contribution in [-0.2, 0) is 11.2 Å². The molecule has 1 aliphatic rings. The van der Waals surface area contributed by atoms with Crippen LogP contribution in [0.4, 0.5) is 4.39 Å². The minimum atomic E-state index is -0.309. The van der Waals surface area contributed by atoms with Crippen molar-refractivity contribution in [3.8, 4) is 11.4 Å². The minimum absolute atomic E-state index is 0.0260. The summed E-state index contributed by atoms with van der Waals surface area (Å²) in [6.45, 7) is 1.88. The lowest BCUT2D eigenvalue weighted by molar-refractivity contribution is -0.134. The van der Waals surface area contributed by atoms with E-state index in [2.05, 4.69) is 15.1 Å². The molecule has 0 aliphatic heterocycles. The van der Waals surface area contributed by atoms with E-state index < -0.39 is 0 Å². The standard InChI is InChI=1S/C21H21FN4O2/c1-14(17-4-2-3-5-18(17)22)26(16-6-7-16)20(27)9-8-19-24-21(25-28-19)15-10-12-23-13-11-15/h2-5,10-14,16H,6-9H2,1H3. The highest BCUT2D eigenvalue weighted by atomic mass is 19.1. The maximum Gasteiger partial charge on any atom is 0.227 e.